The summed E-state index contributed by atoms with van der Waals surface area (Å²) in [4.78, 5) is 15.5. The van der Waals surface area contributed by atoms with E-state index < -0.39 is 18.3 Å². The van der Waals surface area contributed by atoms with E-state index in [2.05, 4.69) is 4.98 Å². The summed E-state index contributed by atoms with van der Waals surface area (Å²) in [5, 5.41) is 0. The first kappa shape index (κ1) is 14.0. The summed E-state index contributed by atoms with van der Waals surface area (Å²) in [6.07, 6.45) is 1.55. The number of anilines is 1. The molecule has 0 spiro atoms. The number of pyridine rings is 1. The first-order valence-electron chi connectivity index (χ1n) is 6.26. The van der Waals surface area contributed by atoms with E-state index in [0.717, 1.165) is 0 Å². The molecule has 102 valence electrons. The minimum Gasteiger partial charge on any atom is -0.399 e. The van der Waals surface area contributed by atoms with Crippen LogP contribution in [0.3, 0.4) is 0 Å². The van der Waals surface area contributed by atoms with Crippen LogP contribution in [-0.2, 0) is 9.31 Å². The van der Waals surface area contributed by atoms with Crippen molar-refractivity contribution in [3.63, 3.8) is 0 Å². The number of rotatable bonds is 2. The summed E-state index contributed by atoms with van der Waals surface area (Å²) < 4.78 is 11.8. The Kier molecular flexibility index (Phi) is 3.19. The van der Waals surface area contributed by atoms with Gasteiger partial charge in [0.1, 0.15) is 5.69 Å². The normalized spacial score (nSPS) is 20.6. The molecule has 0 amide bonds. The lowest BCUT2D eigenvalue weighted by Crippen LogP contribution is -2.41. The summed E-state index contributed by atoms with van der Waals surface area (Å²) in [7, 11) is -0.578. The molecule has 0 saturated carbocycles. The second-order valence-electron chi connectivity index (χ2n) is 5.81. The Bertz CT molecular complexity index is 513. The van der Waals surface area contributed by atoms with Gasteiger partial charge in [-0.15, -0.1) is 0 Å². The molecule has 2 N–H and O–H groups in total. The molecule has 1 aliphatic heterocycles. The van der Waals surface area contributed by atoms with Crippen LogP contribution in [0.1, 0.15) is 45.1 Å². The first-order valence-corrected chi connectivity index (χ1v) is 6.26. The zero-order valence-electron chi connectivity index (χ0n) is 12.0. The van der Waals surface area contributed by atoms with E-state index in [0.29, 0.717) is 11.2 Å². The van der Waals surface area contributed by atoms with Crippen LogP contribution in [0.2, 0.25) is 0 Å². The maximum atomic E-state index is 11.5. The molecule has 0 radical (unpaired) electrons. The number of nitrogen functional groups attached to an aromatic ring is 1. The van der Waals surface area contributed by atoms with Crippen LogP contribution in [0, 0.1) is 0 Å². The summed E-state index contributed by atoms with van der Waals surface area (Å²) in [6.45, 7) is 9.31. The lowest BCUT2D eigenvalue weighted by molar-refractivity contribution is 0.00578. The van der Waals surface area contributed by atoms with Crippen molar-refractivity contribution in [3.8, 4) is 0 Å². The summed E-state index contributed by atoms with van der Waals surface area (Å²) in [5.41, 5.74) is 6.35. The monoisotopic (exact) mass is 262 g/mol. The van der Waals surface area contributed by atoms with Crippen molar-refractivity contribution in [3.05, 3.63) is 18.0 Å². The molecule has 19 heavy (non-hydrogen) atoms. The molecule has 1 aliphatic rings. The van der Waals surface area contributed by atoms with Gasteiger partial charge in [0.05, 0.1) is 16.9 Å². The minimum atomic E-state index is -0.578. The van der Waals surface area contributed by atoms with Crippen LogP contribution in [-0.4, -0.2) is 29.1 Å². The van der Waals surface area contributed by atoms with Crippen LogP contribution in [0.5, 0.6) is 0 Å². The third kappa shape index (κ3) is 2.26. The number of carbonyl (C=O) groups excluding carboxylic acids is 1. The average molecular weight is 262 g/mol. The molecule has 0 bridgehead atoms. The first-order chi connectivity index (χ1) is 8.66. The van der Waals surface area contributed by atoms with Crippen molar-refractivity contribution in [2.24, 2.45) is 0 Å². The number of nitrogens with zero attached hydrogens (tertiary/aromatic N) is 1. The van der Waals surface area contributed by atoms with E-state index in [1.165, 1.54) is 6.92 Å². The molecular weight excluding hydrogens is 243 g/mol. The van der Waals surface area contributed by atoms with Crippen LogP contribution in [0.15, 0.2) is 12.3 Å². The average Bonchev–Trinajstić information content (AvgIpc) is 2.47. The van der Waals surface area contributed by atoms with Crippen molar-refractivity contribution < 1.29 is 14.1 Å². The fraction of sp³-hybridized carbons (Fsp3) is 0.538. The van der Waals surface area contributed by atoms with Gasteiger partial charge < -0.3 is 15.0 Å². The summed E-state index contributed by atoms with van der Waals surface area (Å²) >= 11 is 0. The minimum absolute atomic E-state index is 0.170. The van der Waals surface area contributed by atoms with Crippen LogP contribution in [0.25, 0.3) is 0 Å². The molecule has 1 saturated heterocycles. The molecule has 1 aromatic heterocycles. The van der Waals surface area contributed by atoms with Gasteiger partial charge >= 0.3 is 7.12 Å². The molecule has 2 heterocycles. The zero-order chi connectivity index (χ0) is 14.4. The highest BCUT2D eigenvalue weighted by atomic mass is 16.7. The van der Waals surface area contributed by atoms with E-state index in [1.807, 2.05) is 27.7 Å². The number of hydrogen-bond donors (Lipinski definition) is 1. The smallest absolute Gasteiger partial charge is 0.399 e. The topological polar surface area (TPSA) is 74.4 Å². The number of hydrogen-bond acceptors (Lipinski definition) is 5. The number of aromatic nitrogens is 1. The Morgan fingerprint density at radius 3 is 2.26 bits per heavy atom. The maximum absolute atomic E-state index is 11.5. The van der Waals surface area contributed by atoms with Gasteiger partial charge in [-0.25, -0.2) is 0 Å². The number of carbonyl (C=O) groups is 1. The van der Waals surface area contributed by atoms with Crippen molar-refractivity contribution >= 4 is 24.1 Å². The fourth-order valence-electron chi connectivity index (χ4n) is 1.94. The second kappa shape index (κ2) is 4.32. The second-order valence-corrected chi connectivity index (χ2v) is 5.81. The van der Waals surface area contributed by atoms with Gasteiger partial charge in [-0.05, 0) is 33.8 Å². The fourth-order valence-corrected chi connectivity index (χ4v) is 1.94. The van der Waals surface area contributed by atoms with Crippen molar-refractivity contribution in [2.45, 2.75) is 45.8 Å². The van der Waals surface area contributed by atoms with Gasteiger partial charge in [0.2, 0.25) is 0 Å². The molecule has 0 aliphatic carbocycles. The van der Waals surface area contributed by atoms with Crippen molar-refractivity contribution in [1.82, 2.24) is 4.98 Å². The van der Waals surface area contributed by atoms with E-state index in [9.17, 15) is 4.79 Å². The highest BCUT2D eigenvalue weighted by molar-refractivity contribution is 6.64. The standard InChI is InChI=1S/C13H19BN2O3/c1-8(17)11-10(15)9(6-7-16-11)14-18-12(2,3)13(4,5)19-14/h6-7H,15H2,1-5H3. The number of ketones is 1. The molecule has 6 heteroatoms. The number of Topliss-reactive ketones (excluding diaryl/α,β-unsaturated/α-hetero) is 1. The van der Waals surface area contributed by atoms with Gasteiger partial charge in [-0.1, -0.05) is 0 Å². The molecule has 0 unspecified atom stereocenters. The maximum Gasteiger partial charge on any atom is 0.497 e. The van der Waals surface area contributed by atoms with Crippen LogP contribution >= 0.6 is 0 Å². The van der Waals surface area contributed by atoms with Gasteiger partial charge in [0.15, 0.2) is 5.78 Å². The molecule has 0 aromatic carbocycles. The van der Waals surface area contributed by atoms with Crippen LogP contribution < -0.4 is 11.2 Å². The predicted octanol–water partition coefficient (Wildman–Crippen LogP) is 1.17. The SMILES string of the molecule is CC(=O)c1nccc(B2OC(C)(C)C(C)(C)O2)c1N. The highest BCUT2D eigenvalue weighted by Gasteiger charge is 2.52. The highest BCUT2D eigenvalue weighted by Crippen LogP contribution is 2.36. The molecule has 1 aromatic rings. The van der Waals surface area contributed by atoms with E-state index in [4.69, 9.17) is 15.0 Å². The Labute approximate surface area is 113 Å². The number of nitrogens with two attached hydrogens (primary N) is 1. The van der Waals surface area contributed by atoms with Gasteiger partial charge in [-0.2, -0.15) is 0 Å². The quantitative estimate of drug-likeness (QED) is 0.639. The lowest BCUT2D eigenvalue weighted by Gasteiger charge is -2.32. The molecule has 5 nitrogen and oxygen atoms in total. The van der Waals surface area contributed by atoms with E-state index in [-0.39, 0.29) is 11.5 Å². The van der Waals surface area contributed by atoms with Gasteiger partial charge in [-0.3, -0.25) is 9.78 Å². The van der Waals surface area contributed by atoms with Crippen molar-refractivity contribution in [2.75, 3.05) is 5.73 Å². The Hall–Kier alpha value is -1.40. The van der Waals surface area contributed by atoms with Gasteiger partial charge in [0, 0.05) is 18.6 Å². The lowest BCUT2D eigenvalue weighted by atomic mass is 9.78. The Morgan fingerprint density at radius 1 is 1.26 bits per heavy atom. The Balaban J connectivity index is 2.40. The van der Waals surface area contributed by atoms with Gasteiger partial charge in [0.25, 0.3) is 0 Å². The summed E-state index contributed by atoms with van der Waals surface area (Å²) in [6, 6.07) is 1.73. The molecular formula is C13H19BN2O3. The molecule has 2 rings (SSSR count). The van der Waals surface area contributed by atoms with E-state index >= 15 is 0 Å². The Morgan fingerprint density at radius 2 is 1.79 bits per heavy atom. The van der Waals surface area contributed by atoms with Crippen molar-refractivity contribution in [1.29, 1.82) is 0 Å². The molecule has 1 fully saturated rings. The molecule has 0 atom stereocenters. The largest absolute Gasteiger partial charge is 0.497 e. The third-order valence-corrected chi connectivity index (χ3v) is 3.86. The predicted molar refractivity (Wildman–Crippen MR) is 74.4 cm³/mol. The van der Waals surface area contributed by atoms with Crippen LogP contribution in [0.4, 0.5) is 5.69 Å². The third-order valence-electron chi connectivity index (χ3n) is 3.86. The zero-order valence-corrected chi connectivity index (χ0v) is 12.0. The van der Waals surface area contributed by atoms with E-state index in [1.54, 1.807) is 12.3 Å². The summed E-state index contributed by atoms with van der Waals surface area (Å²) in [5.74, 6) is -0.170.